The molecule has 0 saturated heterocycles. The van der Waals surface area contributed by atoms with Crippen LogP contribution in [0.1, 0.15) is 27.7 Å². The maximum absolute atomic E-state index is 13.4. The Hall–Kier alpha value is -3.44. The number of para-hydroxylation sites is 1. The number of fused-ring (bicyclic) bond motifs is 1. The number of alkyl halides is 3. The highest BCUT2D eigenvalue weighted by Crippen LogP contribution is 2.40. The Bertz CT molecular complexity index is 1220. The maximum atomic E-state index is 13.4. The van der Waals surface area contributed by atoms with Crippen molar-refractivity contribution in [2.75, 3.05) is 16.8 Å². The Kier molecular flexibility index (Phi) is 5.85. The van der Waals surface area contributed by atoms with Crippen LogP contribution in [-0.2, 0) is 6.18 Å². The quantitative estimate of drug-likeness (QED) is 0.430. The number of hydrogen-bond donors (Lipinski definition) is 1. The summed E-state index contributed by atoms with van der Waals surface area (Å²) in [4.78, 5) is 14.7. The summed E-state index contributed by atoms with van der Waals surface area (Å²) in [7, 11) is 0. The third-order valence-electron chi connectivity index (χ3n) is 4.96. The zero-order valence-electron chi connectivity index (χ0n) is 16.5. The molecule has 0 bridgehead atoms. The number of carbonyl (C=O) groups excluding carboxylic acids is 1. The van der Waals surface area contributed by atoms with Crippen molar-refractivity contribution in [3.05, 3.63) is 87.9 Å². The van der Waals surface area contributed by atoms with Gasteiger partial charge in [-0.25, -0.2) is 0 Å². The van der Waals surface area contributed by atoms with Crippen molar-refractivity contribution in [1.82, 2.24) is 0 Å². The van der Waals surface area contributed by atoms with E-state index in [9.17, 15) is 18.0 Å². The highest BCUT2D eigenvalue weighted by Gasteiger charge is 2.36. The van der Waals surface area contributed by atoms with Gasteiger partial charge in [0.15, 0.2) is 0 Å². The molecular formula is C24H16BrF3N2O2. The summed E-state index contributed by atoms with van der Waals surface area (Å²) in [5.74, 6) is 2.49. The van der Waals surface area contributed by atoms with Gasteiger partial charge in [-0.3, -0.25) is 9.69 Å². The lowest BCUT2D eigenvalue weighted by molar-refractivity contribution is -0.137. The van der Waals surface area contributed by atoms with Crippen molar-refractivity contribution in [3.8, 4) is 18.1 Å². The van der Waals surface area contributed by atoms with Crippen molar-refractivity contribution in [3.63, 3.8) is 0 Å². The van der Waals surface area contributed by atoms with Crippen LogP contribution in [0.25, 0.3) is 0 Å². The Morgan fingerprint density at radius 3 is 2.59 bits per heavy atom. The molecule has 1 amide bonds. The molecule has 1 N–H and O–H groups in total. The van der Waals surface area contributed by atoms with Gasteiger partial charge in [-0.1, -0.05) is 30.2 Å². The normalized spacial score (nSPS) is 15.5. The summed E-state index contributed by atoms with van der Waals surface area (Å²) >= 11 is 3.43. The minimum atomic E-state index is -4.53. The number of ether oxygens (including phenoxy) is 1. The number of nitrogens with zero attached hydrogens (tertiary/aromatic N) is 1. The zero-order valence-corrected chi connectivity index (χ0v) is 18.1. The first kappa shape index (κ1) is 21.8. The van der Waals surface area contributed by atoms with E-state index in [4.69, 9.17) is 11.2 Å². The molecule has 162 valence electrons. The van der Waals surface area contributed by atoms with E-state index in [1.54, 1.807) is 42.5 Å². The number of terminal acetylenes is 1. The van der Waals surface area contributed by atoms with Gasteiger partial charge < -0.3 is 10.1 Å². The Morgan fingerprint density at radius 1 is 1.09 bits per heavy atom. The lowest BCUT2D eigenvalue weighted by Gasteiger charge is -2.38. The first-order valence-electron chi connectivity index (χ1n) is 9.51. The second-order valence-corrected chi connectivity index (χ2v) is 7.85. The molecule has 4 nitrogen and oxygen atoms in total. The average Bonchev–Trinajstić information content (AvgIpc) is 2.77. The van der Waals surface area contributed by atoms with Crippen LogP contribution in [0, 0.1) is 12.3 Å². The molecule has 0 radical (unpaired) electrons. The number of anilines is 2. The second-order valence-electron chi connectivity index (χ2n) is 7.00. The number of benzene rings is 3. The third-order valence-corrected chi connectivity index (χ3v) is 5.58. The maximum Gasteiger partial charge on any atom is 0.416 e. The van der Waals surface area contributed by atoms with Crippen molar-refractivity contribution >= 4 is 33.2 Å². The van der Waals surface area contributed by atoms with Crippen molar-refractivity contribution < 1.29 is 22.7 Å². The lowest BCUT2D eigenvalue weighted by Crippen LogP contribution is -2.43. The Balaban J connectivity index is 1.82. The van der Waals surface area contributed by atoms with Crippen LogP contribution in [0.4, 0.5) is 24.5 Å². The van der Waals surface area contributed by atoms with Crippen LogP contribution in [0.2, 0.25) is 0 Å². The molecule has 0 unspecified atom stereocenters. The van der Waals surface area contributed by atoms with E-state index in [0.29, 0.717) is 27.0 Å². The molecule has 0 aliphatic carbocycles. The fourth-order valence-corrected chi connectivity index (χ4v) is 4.02. The highest BCUT2D eigenvalue weighted by atomic mass is 79.9. The number of halogens is 4. The van der Waals surface area contributed by atoms with Gasteiger partial charge in [-0.2, -0.15) is 13.2 Å². The largest absolute Gasteiger partial charge is 0.480 e. The molecule has 1 aliphatic rings. The fourth-order valence-electron chi connectivity index (χ4n) is 3.51. The van der Waals surface area contributed by atoms with Gasteiger partial charge in [0, 0.05) is 11.4 Å². The van der Waals surface area contributed by atoms with Gasteiger partial charge in [-0.15, -0.1) is 6.42 Å². The minimum Gasteiger partial charge on any atom is -0.480 e. The smallest absolute Gasteiger partial charge is 0.416 e. The number of hydrogen-bond acceptors (Lipinski definition) is 3. The van der Waals surface area contributed by atoms with Crippen molar-refractivity contribution in [1.29, 1.82) is 0 Å². The van der Waals surface area contributed by atoms with E-state index < -0.39 is 23.8 Å². The van der Waals surface area contributed by atoms with Gasteiger partial charge in [0.1, 0.15) is 18.5 Å². The Labute approximate surface area is 191 Å². The highest BCUT2D eigenvalue weighted by molar-refractivity contribution is 9.10. The SMILES string of the molecule is C#CCOc1ccc([C@@H]2Nc3ccccc3C(=O)N2c2cccc(C(F)(F)F)c2)cc1Br. The van der Waals surface area contributed by atoms with Crippen LogP contribution < -0.4 is 15.0 Å². The van der Waals surface area contributed by atoms with Crippen LogP contribution in [-0.4, -0.2) is 12.5 Å². The summed E-state index contributed by atoms with van der Waals surface area (Å²) in [6.45, 7) is 0.0852. The molecule has 4 rings (SSSR count). The first-order chi connectivity index (χ1) is 15.3. The van der Waals surface area contributed by atoms with Crippen molar-refractivity contribution in [2.24, 2.45) is 0 Å². The van der Waals surface area contributed by atoms with Crippen LogP contribution >= 0.6 is 15.9 Å². The van der Waals surface area contributed by atoms with Gasteiger partial charge >= 0.3 is 6.18 Å². The van der Waals surface area contributed by atoms with Crippen LogP contribution in [0.15, 0.2) is 71.2 Å². The van der Waals surface area contributed by atoms with Gasteiger partial charge in [0.05, 0.1) is 15.6 Å². The van der Waals surface area contributed by atoms with E-state index in [1.165, 1.54) is 17.0 Å². The average molecular weight is 501 g/mol. The summed E-state index contributed by atoms with van der Waals surface area (Å²) < 4.78 is 46.1. The molecule has 3 aromatic carbocycles. The number of rotatable bonds is 4. The number of amides is 1. The molecule has 0 fully saturated rings. The molecule has 0 spiro atoms. The zero-order chi connectivity index (χ0) is 22.9. The number of carbonyl (C=O) groups is 1. The lowest BCUT2D eigenvalue weighted by atomic mass is 10.0. The summed E-state index contributed by atoms with van der Waals surface area (Å²) in [6.07, 6.45) is -0.0495. The van der Waals surface area contributed by atoms with Gasteiger partial charge in [-0.05, 0) is 64.0 Å². The van der Waals surface area contributed by atoms with E-state index in [-0.39, 0.29) is 12.3 Å². The molecule has 1 heterocycles. The molecule has 0 saturated carbocycles. The predicted molar refractivity (Wildman–Crippen MR) is 120 cm³/mol. The molecule has 3 aromatic rings. The molecule has 1 aliphatic heterocycles. The Morgan fingerprint density at radius 2 is 1.88 bits per heavy atom. The van der Waals surface area contributed by atoms with E-state index >= 15 is 0 Å². The number of nitrogens with one attached hydrogen (secondary N) is 1. The first-order valence-corrected chi connectivity index (χ1v) is 10.3. The van der Waals surface area contributed by atoms with E-state index in [2.05, 4.69) is 27.2 Å². The molecule has 32 heavy (non-hydrogen) atoms. The molecule has 0 aromatic heterocycles. The molecular weight excluding hydrogens is 485 g/mol. The van der Waals surface area contributed by atoms with Crippen LogP contribution in [0.3, 0.4) is 0 Å². The summed E-state index contributed by atoms with van der Waals surface area (Å²) in [5, 5.41) is 3.27. The molecule has 8 heteroatoms. The predicted octanol–water partition coefficient (Wildman–Crippen LogP) is 6.25. The van der Waals surface area contributed by atoms with E-state index in [0.717, 1.165) is 12.1 Å². The monoisotopic (exact) mass is 500 g/mol. The fraction of sp³-hybridized carbons (Fsp3) is 0.125. The van der Waals surface area contributed by atoms with Crippen LogP contribution in [0.5, 0.6) is 5.75 Å². The molecule has 1 atom stereocenters. The van der Waals surface area contributed by atoms with Crippen molar-refractivity contribution in [2.45, 2.75) is 12.3 Å². The van der Waals surface area contributed by atoms with Gasteiger partial charge in [0.2, 0.25) is 0 Å². The summed E-state index contributed by atoms with van der Waals surface area (Å²) in [5.41, 5.74) is 0.897. The topological polar surface area (TPSA) is 41.6 Å². The third kappa shape index (κ3) is 4.16. The minimum absolute atomic E-state index is 0.0852. The van der Waals surface area contributed by atoms with E-state index in [1.807, 2.05) is 0 Å². The van der Waals surface area contributed by atoms with Gasteiger partial charge in [0.25, 0.3) is 5.91 Å². The summed E-state index contributed by atoms with van der Waals surface area (Å²) in [6, 6.07) is 16.7. The standard InChI is InChI=1S/C24H16BrF3N2O2/c1-2-12-32-21-11-10-15(13-19(21)25)22-29-20-9-4-3-8-18(20)23(31)30(22)17-7-5-6-16(14-17)24(26,27)28/h1,3-11,13-14,22,29H,12H2/t22-/m1/s1. The second kappa shape index (κ2) is 8.60.